The van der Waals surface area contributed by atoms with Crippen molar-refractivity contribution in [2.45, 2.75) is 13.1 Å². The Morgan fingerprint density at radius 2 is 2.57 bits per heavy atom. The Kier molecular flexibility index (Phi) is 0.982. The van der Waals surface area contributed by atoms with Gasteiger partial charge in [0.1, 0.15) is 0 Å². The number of hydrogen-bond donors (Lipinski definition) is 2. The fourth-order valence-electron chi connectivity index (χ4n) is 0.589. The first kappa shape index (κ1) is 4.59. The molecular formula is C4H8N2O. The van der Waals surface area contributed by atoms with Crippen LogP contribution in [0.4, 0.5) is 0 Å². The minimum Gasteiger partial charge on any atom is -0.340 e. The number of carbonyl (C=O) groups excluding carboxylic acids is 1. The van der Waals surface area contributed by atoms with Gasteiger partial charge in [-0.15, -0.1) is 0 Å². The molecule has 1 atom stereocenters. The third kappa shape index (κ3) is 0.899. The fourth-order valence-corrected chi connectivity index (χ4v) is 0.589. The summed E-state index contributed by atoms with van der Waals surface area (Å²) in [6.07, 6.45) is 0.174. The molecule has 3 nitrogen and oxygen atoms in total. The lowest BCUT2D eigenvalue weighted by atomic mass is 10.6. The summed E-state index contributed by atoms with van der Waals surface area (Å²) in [5.74, 6) is 0.0903. The molecule has 1 fully saturated rings. The maximum atomic E-state index is 10.3. The van der Waals surface area contributed by atoms with E-state index in [2.05, 4.69) is 10.6 Å². The molecule has 0 unspecified atom stereocenters. The number of nitrogens with one attached hydrogen (secondary N) is 2. The molecule has 1 heterocycles. The van der Waals surface area contributed by atoms with Gasteiger partial charge in [0.25, 0.3) is 0 Å². The van der Waals surface area contributed by atoms with Gasteiger partial charge in [0.05, 0.1) is 12.7 Å². The molecule has 3 heteroatoms. The van der Waals surface area contributed by atoms with Gasteiger partial charge in [0.15, 0.2) is 0 Å². The first-order chi connectivity index (χ1) is 3.29. The number of rotatable bonds is 0. The molecule has 1 amide bonds. The predicted molar refractivity (Wildman–Crippen MR) is 25.6 cm³/mol. The zero-order valence-electron chi connectivity index (χ0n) is 4.19. The Morgan fingerprint density at radius 3 is 2.71 bits per heavy atom. The maximum Gasteiger partial charge on any atom is 0.235 e. The number of amides is 1. The van der Waals surface area contributed by atoms with Crippen molar-refractivity contribution in [3.63, 3.8) is 0 Å². The van der Waals surface area contributed by atoms with Crippen LogP contribution in [-0.4, -0.2) is 18.6 Å². The lowest BCUT2D eigenvalue weighted by Crippen LogP contribution is -2.27. The Hall–Kier alpha value is -0.570. The maximum absolute atomic E-state index is 10.3. The SMILES string of the molecule is C[C@H]1NCC(=O)N1. The molecule has 0 aromatic carbocycles. The first-order valence-corrected chi connectivity index (χ1v) is 2.32. The van der Waals surface area contributed by atoms with Crippen molar-refractivity contribution >= 4 is 5.91 Å². The van der Waals surface area contributed by atoms with E-state index in [1.54, 1.807) is 0 Å². The summed E-state index contributed by atoms with van der Waals surface area (Å²) in [4.78, 5) is 10.3. The lowest BCUT2D eigenvalue weighted by Gasteiger charge is -1.96. The van der Waals surface area contributed by atoms with Gasteiger partial charge in [0.2, 0.25) is 5.91 Å². The third-order valence-corrected chi connectivity index (χ3v) is 0.946. The van der Waals surface area contributed by atoms with Crippen LogP contribution < -0.4 is 10.6 Å². The second kappa shape index (κ2) is 1.50. The topological polar surface area (TPSA) is 41.1 Å². The van der Waals surface area contributed by atoms with Crippen LogP contribution in [-0.2, 0) is 4.79 Å². The van der Waals surface area contributed by atoms with Crippen LogP contribution in [0.2, 0.25) is 0 Å². The van der Waals surface area contributed by atoms with E-state index in [1.807, 2.05) is 6.92 Å². The standard InChI is InChI=1S/C4H8N2O/c1-3-5-2-4(7)6-3/h3,5H,2H2,1H3,(H,6,7)/t3-/m0/s1. The lowest BCUT2D eigenvalue weighted by molar-refractivity contribution is -0.118. The van der Waals surface area contributed by atoms with Crippen LogP contribution in [0.25, 0.3) is 0 Å². The molecule has 7 heavy (non-hydrogen) atoms. The van der Waals surface area contributed by atoms with Crippen molar-refractivity contribution in [3.05, 3.63) is 0 Å². The summed E-state index contributed by atoms with van der Waals surface area (Å²) in [6.45, 7) is 2.38. The molecule has 1 rings (SSSR count). The Labute approximate surface area is 42.1 Å². The molecule has 1 aliphatic heterocycles. The molecule has 0 saturated carbocycles. The monoisotopic (exact) mass is 100 g/mol. The Bertz CT molecular complexity index is 91.7. The molecule has 0 aliphatic carbocycles. The molecule has 0 aromatic heterocycles. The van der Waals surface area contributed by atoms with E-state index in [9.17, 15) is 4.79 Å². The molecule has 40 valence electrons. The van der Waals surface area contributed by atoms with Crippen LogP contribution in [0.3, 0.4) is 0 Å². The highest BCUT2D eigenvalue weighted by Crippen LogP contribution is 1.81. The van der Waals surface area contributed by atoms with Gasteiger partial charge in [-0.2, -0.15) is 0 Å². The van der Waals surface area contributed by atoms with Gasteiger partial charge in [-0.05, 0) is 6.92 Å². The summed E-state index contributed by atoms with van der Waals surface area (Å²) in [7, 11) is 0. The first-order valence-electron chi connectivity index (χ1n) is 2.32. The molecular weight excluding hydrogens is 92.1 g/mol. The quantitative estimate of drug-likeness (QED) is 0.412. The van der Waals surface area contributed by atoms with Crippen molar-refractivity contribution in [1.29, 1.82) is 0 Å². The van der Waals surface area contributed by atoms with Crippen molar-refractivity contribution in [2.75, 3.05) is 6.54 Å². The minimum atomic E-state index is 0.0903. The highest BCUT2D eigenvalue weighted by molar-refractivity contribution is 5.80. The average molecular weight is 100 g/mol. The summed E-state index contributed by atoms with van der Waals surface area (Å²) in [6, 6.07) is 0. The molecule has 0 spiro atoms. The van der Waals surface area contributed by atoms with E-state index >= 15 is 0 Å². The Balaban J connectivity index is 2.40. The predicted octanol–water partition coefficient (Wildman–Crippen LogP) is -0.948. The average Bonchev–Trinajstić information content (AvgIpc) is 1.87. The molecule has 0 bridgehead atoms. The highest BCUT2D eigenvalue weighted by Gasteiger charge is 2.13. The zero-order valence-corrected chi connectivity index (χ0v) is 4.19. The smallest absolute Gasteiger partial charge is 0.235 e. The van der Waals surface area contributed by atoms with E-state index < -0.39 is 0 Å². The van der Waals surface area contributed by atoms with Crippen LogP contribution in [0, 0.1) is 0 Å². The summed E-state index contributed by atoms with van der Waals surface area (Å²) >= 11 is 0. The molecule has 1 aliphatic rings. The third-order valence-electron chi connectivity index (χ3n) is 0.946. The van der Waals surface area contributed by atoms with E-state index in [1.165, 1.54) is 0 Å². The van der Waals surface area contributed by atoms with Crippen molar-refractivity contribution < 1.29 is 4.79 Å². The second-order valence-corrected chi connectivity index (χ2v) is 1.67. The largest absolute Gasteiger partial charge is 0.340 e. The zero-order chi connectivity index (χ0) is 5.28. The van der Waals surface area contributed by atoms with Crippen LogP contribution in [0.15, 0.2) is 0 Å². The van der Waals surface area contributed by atoms with E-state index in [-0.39, 0.29) is 12.1 Å². The van der Waals surface area contributed by atoms with Gasteiger partial charge in [-0.1, -0.05) is 0 Å². The van der Waals surface area contributed by atoms with E-state index in [0.717, 1.165) is 0 Å². The number of hydrogen-bond acceptors (Lipinski definition) is 2. The van der Waals surface area contributed by atoms with E-state index in [0.29, 0.717) is 6.54 Å². The summed E-state index contributed by atoms with van der Waals surface area (Å²) in [5.41, 5.74) is 0. The van der Waals surface area contributed by atoms with Crippen molar-refractivity contribution in [1.82, 2.24) is 10.6 Å². The Morgan fingerprint density at radius 1 is 1.86 bits per heavy atom. The molecule has 2 N–H and O–H groups in total. The minimum absolute atomic E-state index is 0.0903. The van der Waals surface area contributed by atoms with Crippen LogP contribution >= 0.6 is 0 Å². The van der Waals surface area contributed by atoms with Gasteiger partial charge >= 0.3 is 0 Å². The summed E-state index contributed by atoms with van der Waals surface area (Å²) < 4.78 is 0. The highest BCUT2D eigenvalue weighted by atomic mass is 16.2. The van der Waals surface area contributed by atoms with Gasteiger partial charge in [-0.25, -0.2) is 0 Å². The normalized spacial score (nSPS) is 30.4. The molecule has 1 saturated heterocycles. The summed E-state index contributed by atoms with van der Waals surface area (Å²) in [5, 5.41) is 5.58. The van der Waals surface area contributed by atoms with Crippen molar-refractivity contribution in [2.24, 2.45) is 0 Å². The molecule has 0 aromatic rings. The second-order valence-electron chi connectivity index (χ2n) is 1.67. The van der Waals surface area contributed by atoms with Crippen molar-refractivity contribution in [3.8, 4) is 0 Å². The van der Waals surface area contributed by atoms with E-state index in [4.69, 9.17) is 0 Å². The number of carbonyl (C=O) groups is 1. The van der Waals surface area contributed by atoms with Gasteiger partial charge < -0.3 is 5.32 Å². The van der Waals surface area contributed by atoms with Gasteiger partial charge in [0, 0.05) is 0 Å². The molecule has 0 radical (unpaired) electrons. The van der Waals surface area contributed by atoms with Crippen LogP contribution in [0.1, 0.15) is 6.92 Å². The van der Waals surface area contributed by atoms with Gasteiger partial charge in [-0.3, -0.25) is 10.1 Å². The van der Waals surface area contributed by atoms with Crippen LogP contribution in [0.5, 0.6) is 0 Å². The fraction of sp³-hybridized carbons (Fsp3) is 0.750.